The second-order valence-corrected chi connectivity index (χ2v) is 6.44. The Kier molecular flexibility index (Phi) is 5.30. The molecule has 1 aliphatic heterocycles. The standard InChI is InChI=1S/C18H21ClN4O/c1-13-14(19)7-6-8-15(13)22-17-11-16(20-12-21-17)18(24)23-9-4-2-3-5-10-23/h6-8,11-12H,2-5,9-10H2,1H3,(H,20,21,22). The molecule has 0 atom stereocenters. The number of halogens is 1. The topological polar surface area (TPSA) is 58.1 Å². The lowest BCUT2D eigenvalue weighted by Crippen LogP contribution is -2.32. The molecular weight excluding hydrogens is 324 g/mol. The molecule has 1 N–H and O–H groups in total. The van der Waals surface area contributed by atoms with Gasteiger partial charge < -0.3 is 10.2 Å². The zero-order valence-electron chi connectivity index (χ0n) is 13.8. The summed E-state index contributed by atoms with van der Waals surface area (Å²) in [4.78, 5) is 22.9. The molecule has 2 heterocycles. The van der Waals surface area contributed by atoms with Gasteiger partial charge >= 0.3 is 0 Å². The van der Waals surface area contributed by atoms with Crippen molar-refractivity contribution in [2.75, 3.05) is 18.4 Å². The van der Waals surface area contributed by atoms with Gasteiger partial charge in [-0.2, -0.15) is 0 Å². The highest BCUT2D eigenvalue weighted by molar-refractivity contribution is 6.31. The van der Waals surface area contributed by atoms with E-state index in [-0.39, 0.29) is 5.91 Å². The highest BCUT2D eigenvalue weighted by Crippen LogP contribution is 2.25. The molecule has 1 aromatic carbocycles. The molecule has 1 aliphatic rings. The van der Waals surface area contributed by atoms with E-state index in [0.29, 0.717) is 16.5 Å². The Bertz CT molecular complexity index is 727. The minimum Gasteiger partial charge on any atom is -0.340 e. The van der Waals surface area contributed by atoms with Crippen LogP contribution in [0, 0.1) is 6.92 Å². The molecule has 0 saturated carbocycles. The van der Waals surface area contributed by atoms with E-state index in [4.69, 9.17) is 11.6 Å². The van der Waals surface area contributed by atoms with Crippen LogP contribution in [0.25, 0.3) is 0 Å². The van der Waals surface area contributed by atoms with Gasteiger partial charge in [0.15, 0.2) is 0 Å². The number of nitrogens with zero attached hydrogens (tertiary/aromatic N) is 3. The molecule has 2 aromatic rings. The number of anilines is 2. The van der Waals surface area contributed by atoms with E-state index in [9.17, 15) is 4.79 Å². The van der Waals surface area contributed by atoms with Crippen LogP contribution in [0.2, 0.25) is 5.02 Å². The Hall–Kier alpha value is -2.14. The summed E-state index contributed by atoms with van der Waals surface area (Å²) in [6, 6.07) is 7.35. The summed E-state index contributed by atoms with van der Waals surface area (Å²) in [6.45, 7) is 3.55. The number of carbonyl (C=O) groups excluding carboxylic acids is 1. The van der Waals surface area contributed by atoms with Crippen LogP contribution in [-0.2, 0) is 0 Å². The van der Waals surface area contributed by atoms with E-state index >= 15 is 0 Å². The molecule has 0 spiro atoms. The SMILES string of the molecule is Cc1c(Cl)cccc1Nc1cc(C(=O)N2CCCCCC2)ncn1. The van der Waals surface area contributed by atoms with Crippen LogP contribution in [0.15, 0.2) is 30.6 Å². The van der Waals surface area contributed by atoms with Crippen molar-refractivity contribution < 1.29 is 4.79 Å². The first-order valence-corrected chi connectivity index (χ1v) is 8.66. The van der Waals surface area contributed by atoms with Crippen molar-refractivity contribution in [3.63, 3.8) is 0 Å². The molecule has 5 nitrogen and oxygen atoms in total. The van der Waals surface area contributed by atoms with Gasteiger partial charge in [-0.1, -0.05) is 30.5 Å². The number of amides is 1. The molecule has 1 saturated heterocycles. The molecular formula is C18H21ClN4O. The maximum Gasteiger partial charge on any atom is 0.272 e. The fraction of sp³-hybridized carbons (Fsp3) is 0.389. The third-order valence-corrected chi connectivity index (χ3v) is 4.72. The number of hydrogen-bond donors (Lipinski definition) is 1. The van der Waals surface area contributed by atoms with Crippen LogP contribution in [0.5, 0.6) is 0 Å². The fourth-order valence-corrected chi connectivity index (χ4v) is 3.03. The summed E-state index contributed by atoms with van der Waals surface area (Å²) in [5.74, 6) is 0.568. The number of aromatic nitrogens is 2. The Morgan fingerprint density at radius 3 is 2.67 bits per heavy atom. The van der Waals surface area contributed by atoms with Crippen LogP contribution < -0.4 is 5.32 Å². The van der Waals surface area contributed by atoms with E-state index < -0.39 is 0 Å². The van der Waals surface area contributed by atoms with Crippen molar-refractivity contribution in [1.82, 2.24) is 14.9 Å². The first kappa shape index (κ1) is 16.7. The summed E-state index contributed by atoms with van der Waals surface area (Å²) in [7, 11) is 0. The lowest BCUT2D eigenvalue weighted by molar-refractivity contribution is 0.0755. The number of hydrogen-bond acceptors (Lipinski definition) is 4. The van der Waals surface area contributed by atoms with Crippen LogP contribution in [-0.4, -0.2) is 33.9 Å². The summed E-state index contributed by atoms with van der Waals surface area (Å²) >= 11 is 6.15. The minimum atomic E-state index is -0.0230. The van der Waals surface area contributed by atoms with Crippen molar-refractivity contribution in [3.05, 3.63) is 46.9 Å². The molecule has 1 aromatic heterocycles. The first-order chi connectivity index (χ1) is 11.6. The number of benzene rings is 1. The predicted octanol–water partition coefficient (Wildman–Crippen LogP) is 4.20. The van der Waals surface area contributed by atoms with Crippen molar-refractivity contribution >= 4 is 29.0 Å². The third kappa shape index (κ3) is 3.85. The summed E-state index contributed by atoms with van der Waals surface area (Å²) in [5, 5.41) is 3.91. The molecule has 1 fully saturated rings. The van der Waals surface area contributed by atoms with Crippen LogP contribution in [0.3, 0.4) is 0 Å². The maximum atomic E-state index is 12.7. The van der Waals surface area contributed by atoms with Gasteiger partial charge in [-0.05, 0) is 37.5 Å². The zero-order valence-corrected chi connectivity index (χ0v) is 14.5. The summed E-state index contributed by atoms with van der Waals surface area (Å²) < 4.78 is 0. The normalized spacial score (nSPS) is 15.0. The molecule has 24 heavy (non-hydrogen) atoms. The monoisotopic (exact) mass is 344 g/mol. The Morgan fingerprint density at radius 1 is 1.17 bits per heavy atom. The average Bonchev–Trinajstić information content (AvgIpc) is 2.88. The Labute approximate surface area is 147 Å². The second kappa shape index (κ2) is 7.62. The quantitative estimate of drug-likeness (QED) is 0.906. The molecule has 126 valence electrons. The molecule has 0 bridgehead atoms. The maximum absolute atomic E-state index is 12.7. The van der Waals surface area contributed by atoms with Crippen molar-refractivity contribution in [2.45, 2.75) is 32.6 Å². The van der Waals surface area contributed by atoms with Crippen molar-refractivity contribution in [3.8, 4) is 0 Å². The van der Waals surface area contributed by atoms with Crippen molar-refractivity contribution in [2.24, 2.45) is 0 Å². The van der Waals surface area contributed by atoms with Crippen LogP contribution >= 0.6 is 11.6 Å². The number of carbonyl (C=O) groups is 1. The van der Waals surface area contributed by atoms with Gasteiger partial charge in [-0.25, -0.2) is 9.97 Å². The van der Waals surface area contributed by atoms with Crippen LogP contribution in [0.1, 0.15) is 41.7 Å². The highest BCUT2D eigenvalue weighted by Gasteiger charge is 2.19. The first-order valence-electron chi connectivity index (χ1n) is 8.28. The molecule has 3 rings (SSSR count). The lowest BCUT2D eigenvalue weighted by Gasteiger charge is -2.20. The number of nitrogens with one attached hydrogen (secondary N) is 1. The predicted molar refractivity (Wildman–Crippen MR) is 95.9 cm³/mol. The number of rotatable bonds is 3. The van der Waals surface area contributed by atoms with Gasteiger partial charge in [0.25, 0.3) is 5.91 Å². The molecule has 6 heteroatoms. The molecule has 1 amide bonds. The van der Waals surface area contributed by atoms with Gasteiger partial charge in [0.1, 0.15) is 17.8 Å². The van der Waals surface area contributed by atoms with E-state index in [2.05, 4.69) is 15.3 Å². The zero-order chi connectivity index (χ0) is 16.9. The Balaban J connectivity index is 1.78. The van der Waals surface area contributed by atoms with Gasteiger partial charge in [0, 0.05) is 29.9 Å². The van der Waals surface area contributed by atoms with Gasteiger partial charge in [0.2, 0.25) is 0 Å². The highest BCUT2D eigenvalue weighted by atomic mass is 35.5. The van der Waals surface area contributed by atoms with Gasteiger partial charge in [0.05, 0.1) is 0 Å². The third-order valence-electron chi connectivity index (χ3n) is 4.31. The summed E-state index contributed by atoms with van der Waals surface area (Å²) in [6.07, 6.45) is 5.92. The summed E-state index contributed by atoms with van der Waals surface area (Å²) in [5.41, 5.74) is 2.24. The van der Waals surface area contributed by atoms with Gasteiger partial charge in [-0.3, -0.25) is 4.79 Å². The van der Waals surface area contributed by atoms with Crippen LogP contribution in [0.4, 0.5) is 11.5 Å². The van der Waals surface area contributed by atoms with E-state index in [1.807, 2.05) is 30.0 Å². The fourth-order valence-electron chi connectivity index (χ4n) is 2.86. The van der Waals surface area contributed by atoms with Crippen molar-refractivity contribution in [1.29, 1.82) is 0 Å². The second-order valence-electron chi connectivity index (χ2n) is 6.03. The smallest absolute Gasteiger partial charge is 0.272 e. The van der Waals surface area contributed by atoms with E-state index in [0.717, 1.165) is 37.2 Å². The Morgan fingerprint density at radius 2 is 1.92 bits per heavy atom. The number of likely N-dealkylation sites (tertiary alicyclic amines) is 1. The van der Waals surface area contributed by atoms with E-state index in [1.165, 1.54) is 19.2 Å². The molecule has 0 radical (unpaired) electrons. The minimum absolute atomic E-state index is 0.0230. The average molecular weight is 345 g/mol. The lowest BCUT2D eigenvalue weighted by atomic mass is 10.2. The van der Waals surface area contributed by atoms with E-state index in [1.54, 1.807) is 6.07 Å². The molecule has 0 aliphatic carbocycles. The largest absolute Gasteiger partial charge is 0.340 e. The van der Waals surface area contributed by atoms with Gasteiger partial charge in [-0.15, -0.1) is 0 Å². The molecule has 0 unspecified atom stereocenters.